The molecule has 0 aliphatic rings. The van der Waals surface area contributed by atoms with E-state index in [9.17, 15) is 26.4 Å². The second-order valence-electron chi connectivity index (χ2n) is 4.88. The summed E-state index contributed by atoms with van der Waals surface area (Å²) in [6.07, 6.45) is 1.47. The van der Waals surface area contributed by atoms with Crippen LogP contribution in [-0.4, -0.2) is 23.5 Å². The lowest BCUT2D eigenvalue weighted by atomic mass is 10.2. The molecular weight excluding hydrogens is 453 g/mol. The summed E-state index contributed by atoms with van der Waals surface area (Å²) in [5, 5.41) is -0.800. The Morgan fingerprint density at radius 3 is 2.44 bits per heavy atom. The van der Waals surface area contributed by atoms with Crippen LogP contribution in [0.3, 0.4) is 0 Å². The van der Waals surface area contributed by atoms with Gasteiger partial charge in [0.25, 0.3) is 5.56 Å². The highest BCUT2D eigenvalue weighted by atomic mass is 79.9. The van der Waals surface area contributed by atoms with Gasteiger partial charge in [-0.2, -0.15) is 21.6 Å². The van der Waals surface area contributed by atoms with Crippen LogP contribution in [0, 0.1) is 13.8 Å². The molecule has 136 valence electrons. The molecule has 2 aromatic heterocycles. The van der Waals surface area contributed by atoms with Gasteiger partial charge in [0.1, 0.15) is 9.63 Å². The van der Waals surface area contributed by atoms with E-state index in [0.29, 0.717) is 15.9 Å². The number of aromatic nitrogens is 2. The summed E-state index contributed by atoms with van der Waals surface area (Å²) in [6.45, 7) is 3.05. The number of aryl methyl sites for hydroxylation is 2. The van der Waals surface area contributed by atoms with Crippen LogP contribution >= 0.6 is 27.5 Å². The summed E-state index contributed by atoms with van der Waals surface area (Å²) < 4.78 is 65.1. The van der Waals surface area contributed by atoms with Gasteiger partial charge in [-0.05, 0) is 41.4 Å². The molecule has 0 saturated heterocycles. The van der Waals surface area contributed by atoms with Crippen LogP contribution in [0.5, 0.6) is 5.75 Å². The minimum Gasteiger partial charge on any atom is -0.374 e. The molecule has 0 N–H and O–H groups in total. The third-order valence-corrected chi connectivity index (χ3v) is 4.81. The molecule has 0 bridgehead atoms. The van der Waals surface area contributed by atoms with E-state index >= 15 is 0 Å². The van der Waals surface area contributed by atoms with E-state index in [2.05, 4.69) is 25.1 Å². The zero-order valence-corrected chi connectivity index (χ0v) is 15.7. The molecule has 12 heteroatoms. The number of alkyl halides is 3. The standard InChI is InChI=1S/C13H9BrClF3N2O4S/c1-6-5-19-10(14)4-8(6)20-7(2)3-9(11(15)12(20)21)24-25(22,23)13(16,17)18/h3-5H,1-2H3. The lowest BCUT2D eigenvalue weighted by Crippen LogP contribution is -2.29. The van der Waals surface area contributed by atoms with Crippen LogP contribution in [-0.2, 0) is 10.1 Å². The molecule has 25 heavy (non-hydrogen) atoms. The third kappa shape index (κ3) is 3.82. The highest BCUT2D eigenvalue weighted by Gasteiger charge is 2.49. The van der Waals surface area contributed by atoms with Crippen LogP contribution in [0.15, 0.2) is 27.7 Å². The maximum atomic E-state index is 12.4. The summed E-state index contributed by atoms with van der Waals surface area (Å²) in [5.41, 5.74) is -5.51. The number of nitrogens with zero attached hydrogens (tertiary/aromatic N) is 2. The van der Waals surface area contributed by atoms with Gasteiger partial charge in [-0.3, -0.25) is 9.36 Å². The summed E-state index contributed by atoms with van der Waals surface area (Å²) in [6, 6.07) is 2.44. The molecule has 0 unspecified atom stereocenters. The van der Waals surface area contributed by atoms with Crippen molar-refractivity contribution in [3.05, 3.63) is 49.6 Å². The van der Waals surface area contributed by atoms with Crippen LogP contribution in [0.25, 0.3) is 5.69 Å². The molecule has 2 rings (SSSR count). The Kier molecular flexibility index (Phi) is 5.22. The van der Waals surface area contributed by atoms with Crippen molar-refractivity contribution < 1.29 is 25.8 Å². The molecule has 0 aliphatic heterocycles. The number of pyridine rings is 2. The van der Waals surface area contributed by atoms with Gasteiger partial charge in [0, 0.05) is 18.0 Å². The number of hydrogen-bond donors (Lipinski definition) is 0. The highest BCUT2D eigenvalue weighted by Crippen LogP contribution is 2.31. The van der Waals surface area contributed by atoms with Crippen molar-refractivity contribution in [3.63, 3.8) is 0 Å². The molecule has 0 amide bonds. The van der Waals surface area contributed by atoms with E-state index in [1.807, 2.05) is 0 Å². The second-order valence-corrected chi connectivity index (χ2v) is 7.61. The lowest BCUT2D eigenvalue weighted by molar-refractivity contribution is -0.0500. The summed E-state index contributed by atoms with van der Waals surface area (Å²) >= 11 is 8.90. The van der Waals surface area contributed by atoms with Crippen molar-refractivity contribution >= 4 is 37.6 Å². The molecule has 6 nitrogen and oxygen atoms in total. The van der Waals surface area contributed by atoms with Gasteiger partial charge < -0.3 is 4.18 Å². The molecule has 0 saturated carbocycles. The lowest BCUT2D eigenvalue weighted by Gasteiger charge is -2.16. The smallest absolute Gasteiger partial charge is 0.374 e. The van der Waals surface area contributed by atoms with Crippen molar-refractivity contribution in [3.8, 4) is 11.4 Å². The average Bonchev–Trinajstić information content (AvgIpc) is 2.46. The quantitative estimate of drug-likeness (QED) is 0.397. The molecule has 0 radical (unpaired) electrons. The van der Waals surface area contributed by atoms with Crippen LogP contribution in [0.2, 0.25) is 5.02 Å². The monoisotopic (exact) mass is 460 g/mol. The molecule has 2 heterocycles. The predicted molar refractivity (Wildman–Crippen MR) is 87.6 cm³/mol. The van der Waals surface area contributed by atoms with E-state index in [0.717, 1.165) is 10.6 Å². The van der Waals surface area contributed by atoms with E-state index in [-0.39, 0.29) is 5.69 Å². The van der Waals surface area contributed by atoms with E-state index in [1.54, 1.807) is 6.92 Å². The average molecular weight is 462 g/mol. The maximum Gasteiger partial charge on any atom is 0.534 e. The second kappa shape index (κ2) is 6.61. The van der Waals surface area contributed by atoms with Gasteiger partial charge in [0.2, 0.25) is 0 Å². The Hall–Kier alpha value is -1.59. The molecule has 0 spiro atoms. The fourth-order valence-corrected chi connectivity index (χ4v) is 2.94. The molecule has 0 fully saturated rings. The minimum atomic E-state index is -5.95. The van der Waals surface area contributed by atoms with Crippen molar-refractivity contribution in [1.29, 1.82) is 0 Å². The molecule has 0 aromatic carbocycles. The highest BCUT2D eigenvalue weighted by molar-refractivity contribution is 9.10. The number of halogens is 5. The maximum absolute atomic E-state index is 12.4. The third-order valence-electron chi connectivity index (χ3n) is 3.07. The summed E-state index contributed by atoms with van der Waals surface area (Å²) in [5.74, 6) is -0.900. The van der Waals surface area contributed by atoms with Gasteiger partial charge in [0.15, 0.2) is 5.75 Å². The van der Waals surface area contributed by atoms with Gasteiger partial charge >= 0.3 is 15.6 Å². The number of hydrogen-bond acceptors (Lipinski definition) is 5. The first kappa shape index (κ1) is 19.7. The Balaban J connectivity index is 2.66. The zero-order chi connectivity index (χ0) is 19.2. The first-order valence-electron chi connectivity index (χ1n) is 6.40. The van der Waals surface area contributed by atoms with Crippen molar-refractivity contribution in [2.45, 2.75) is 19.4 Å². The Morgan fingerprint density at radius 2 is 1.88 bits per heavy atom. The normalized spacial score (nSPS) is 12.3. The zero-order valence-electron chi connectivity index (χ0n) is 12.6. The van der Waals surface area contributed by atoms with Gasteiger partial charge in [-0.25, -0.2) is 4.98 Å². The van der Waals surface area contributed by atoms with Gasteiger partial charge in [-0.15, -0.1) is 0 Å². The molecule has 2 aromatic rings. The number of rotatable bonds is 3. The van der Waals surface area contributed by atoms with Gasteiger partial charge in [-0.1, -0.05) is 11.6 Å². The fraction of sp³-hybridized carbons (Fsp3) is 0.231. The molecular formula is C13H9BrClF3N2O4S. The van der Waals surface area contributed by atoms with E-state index in [1.165, 1.54) is 19.2 Å². The Bertz CT molecular complexity index is 1010. The Labute approximate surface area is 153 Å². The van der Waals surface area contributed by atoms with Crippen molar-refractivity contribution in [2.24, 2.45) is 0 Å². The minimum absolute atomic E-state index is 0.114. The largest absolute Gasteiger partial charge is 0.534 e. The topological polar surface area (TPSA) is 78.3 Å². The van der Waals surface area contributed by atoms with Crippen LogP contribution in [0.1, 0.15) is 11.3 Å². The fourth-order valence-electron chi connectivity index (χ4n) is 1.94. The van der Waals surface area contributed by atoms with E-state index < -0.39 is 32.0 Å². The van der Waals surface area contributed by atoms with Crippen molar-refractivity contribution in [1.82, 2.24) is 9.55 Å². The Morgan fingerprint density at radius 1 is 1.28 bits per heavy atom. The first-order valence-corrected chi connectivity index (χ1v) is 8.98. The summed E-state index contributed by atoms with van der Waals surface area (Å²) in [4.78, 5) is 16.4. The van der Waals surface area contributed by atoms with Crippen molar-refractivity contribution in [2.75, 3.05) is 0 Å². The predicted octanol–water partition coefficient (Wildman–Crippen LogP) is 3.49. The molecule has 0 aliphatic carbocycles. The molecule has 0 atom stereocenters. The van der Waals surface area contributed by atoms with Crippen LogP contribution in [0.4, 0.5) is 13.2 Å². The van der Waals surface area contributed by atoms with E-state index in [4.69, 9.17) is 11.6 Å². The SMILES string of the molecule is Cc1cnc(Br)cc1-n1c(C)cc(OS(=O)(=O)C(F)(F)F)c(Cl)c1=O. The van der Waals surface area contributed by atoms with Gasteiger partial charge in [0.05, 0.1) is 5.69 Å². The summed E-state index contributed by atoms with van der Waals surface area (Å²) in [7, 11) is -5.95. The van der Waals surface area contributed by atoms with Crippen LogP contribution < -0.4 is 9.74 Å². The first-order chi connectivity index (χ1) is 11.3.